The largest absolute Gasteiger partial charge is 0.310 e. The Balaban J connectivity index is 1.74. The first-order valence-electron chi connectivity index (χ1n) is 10.0. The van der Waals surface area contributed by atoms with Crippen molar-refractivity contribution in [3.63, 3.8) is 0 Å². The third kappa shape index (κ3) is 3.60. The van der Waals surface area contributed by atoms with Crippen molar-refractivity contribution in [3.8, 4) is 5.95 Å². The van der Waals surface area contributed by atoms with Crippen LogP contribution in [0.4, 0.5) is 5.69 Å². The van der Waals surface area contributed by atoms with Crippen molar-refractivity contribution < 1.29 is 4.79 Å². The van der Waals surface area contributed by atoms with Crippen molar-refractivity contribution in [2.75, 3.05) is 11.4 Å². The molecule has 0 unspecified atom stereocenters. The molecule has 29 heavy (non-hydrogen) atoms. The lowest BCUT2D eigenvalue weighted by molar-refractivity contribution is -0.119. The van der Waals surface area contributed by atoms with Gasteiger partial charge < -0.3 is 4.90 Å². The molecule has 1 amide bonds. The molecule has 7 heteroatoms. The Kier molecular flexibility index (Phi) is 5.05. The van der Waals surface area contributed by atoms with E-state index in [9.17, 15) is 9.59 Å². The molecule has 0 aliphatic carbocycles. The number of amides is 1. The maximum atomic E-state index is 13.1. The minimum atomic E-state index is -0.230. The molecule has 1 aliphatic rings. The van der Waals surface area contributed by atoms with E-state index >= 15 is 0 Å². The van der Waals surface area contributed by atoms with Gasteiger partial charge in [-0.15, -0.1) is 0 Å². The van der Waals surface area contributed by atoms with Gasteiger partial charge in [-0.25, -0.2) is 9.67 Å². The molecule has 3 aromatic rings. The molecular weight excluding hydrogens is 366 g/mol. The molecule has 1 aromatic carbocycles. The highest BCUT2D eigenvalue weighted by atomic mass is 16.2. The van der Waals surface area contributed by atoms with Crippen LogP contribution in [0.1, 0.15) is 36.0 Å². The first kappa shape index (κ1) is 19.1. The highest BCUT2D eigenvalue weighted by molar-refractivity contribution is 5.95. The van der Waals surface area contributed by atoms with Gasteiger partial charge in [-0.1, -0.05) is 31.5 Å². The van der Waals surface area contributed by atoms with E-state index in [0.29, 0.717) is 18.9 Å². The van der Waals surface area contributed by atoms with E-state index < -0.39 is 0 Å². The van der Waals surface area contributed by atoms with Crippen molar-refractivity contribution >= 4 is 11.6 Å². The topological polar surface area (TPSA) is 73.0 Å². The molecule has 0 atom stereocenters. The predicted molar refractivity (Wildman–Crippen MR) is 112 cm³/mol. The van der Waals surface area contributed by atoms with Crippen molar-refractivity contribution in [2.45, 2.75) is 46.6 Å². The smallest absolute Gasteiger partial charge is 0.255 e. The van der Waals surface area contributed by atoms with Gasteiger partial charge >= 0.3 is 0 Å². The minimum Gasteiger partial charge on any atom is -0.310 e. The molecule has 0 radical (unpaired) electrons. The molecule has 0 saturated carbocycles. The number of fused-ring (bicyclic) bond motifs is 1. The number of aryl methyl sites for hydroxylation is 3. The van der Waals surface area contributed by atoms with E-state index in [1.54, 1.807) is 9.58 Å². The second-order valence-corrected chi connectivity index (χ2v) is 7.48. The monoisotopic (exact) mass is 391 g/mol. The number of carbonyl (C=O) groups excluding carboxylic acids is 1. The normalized spacial score (nSPS) is 13.0. The summed E-state index contributed by atoms with van der Waals surface area (Å²) in [5.74, 6) is 0.275. The number of para-hydroxylation sites is 1. The zero-order chi connectivity index (χ0) is 20.5. The molecule has 0 bridgehead atoms. The van der Waals surface area contributed by atoms with E-state index in [1.807, 2.05) is 51.1 Å². The van der Waals surface area contributed by atoms with Gasteiger partial charge in [-0.3, -0.25) is 14.2 Å². The highest BCUT2D eigenvalue weighted by Crippen LogP contribution is 2.27. The Labute approximate surface area is 169 Å². The van der Waals surface area contributed by atoms with E-state index in [-0.39, 0.29) is 18.0 Å². The van der Waals surface area contributed by atoms with Gasteiger partial charge in [0, 0.05) is 29.7 Å². The van der Waals surface area contributed by atoms with Gasteiger partial charge in [-0.05, 0) is 44.4 Å². The summed E-state index contributed by atoms with van der Waals surface area (Å²) < 4.78 is 3.09. The molecule has 1 aliphatic heterocycles. The fourth-order valence-corrected chi connectivity index (χ4v) is 3.88. The van der Waals surface area contributed by atoms with Crippen molar-refractivity contribution in [1.29, 1.82) is 0 Å². The third-order valence-corrected chi connectivity index (χ3v) is 5.23. The molecule has 0 fully saturated rings. The van der Waals surface area contributed by atoms with E-state index in [2.05, 4.69) is 10.1 Å². The van der Waals surface area contributed by atoms with Gasteiger partial charge in [-0.2, -0.15) is 5.10 Å². The predicted octanol–water partition coefficient (Wildman–Crippen LogP) is 2.59. The summed E-state index contributed by atoms with van der Waals surface area (Å²) in [7, 11) is 0. The van der Waals surface area contributed by atoms with Gasteiger partial charge in [0.1, 0.15) is 6.54 Å². The fourth-order valence-electron chi connectivity index (χ4n) is 3.88. The summed E-state index contributed by atoms with van der Waals surface area (Å²) >= 11 is 0. The van der Waals surface area contributed by atoms with Crippen LogP contribution in [0.15, 0.2) is 41.2 Å². The zero-order valence-electron chi connectivity index (χ0n) is 17.1. The molecule has 3 heterocycles. The Bertz CT molecular complexity index is 1130. The average Bonchev–Trinajstić information content (AvgIpc) is 3.26. The van der Waals surface area contributed by atoms with E-state index in [1.165, 1.54) is 10.6 Å². The molecule has 0 N–H and O–H groups in total. The number of anilines is 1. The Morgan fingerprint density at radius 1 is 1.17 bits per heavy atom. The maximum absolute atomic E-state index is 13.1. The molecule has 2 aromatic heterocycles. The van der Waals surface area contributed by atoms with Crippen LogP contribution in [0.3, 0.4) is 0 Å². The van der Waals surface area contributed by atoms with Crippen LogP contribution >= 0.6 is 0 Å². The maximum Gasteiger partial charge on any atom is 0.255 e. The summed E-state index contributed by atoms with van der Waals surface area (Å²) in [6, 6.07) is 11.4. The standard InChI is InChI=1S/C22H25N5O2/c1-4-7-18-13-20(28)26(22(23-18)27-16(3)12-15(2)24-27)14-21(29)25-11-10-17-8-5-6-9-19(17)25/h5-6,8-9,12-13H,4,7,10-11,14H2,1-3H3. The number of hydrogen-bond donors (Lipinski definition) is 0. The lowest BCUT2D eigenvalue weighted by atomic mass is 10.2. The van der Waals surface area contributed by atoms with Crippen LogP contribution in [-0.2, 0) is 24.2 Å². The van der Waals surface area contributed by atoms with Crippen molar-refractivity contribution in [1.82, 2.24) is 19.3 Å². The number of benzene rings is 1. The molecule has 150 valence electrons. The van der Waals surface area contributed by atoms with Crippen molar-refractivity contribution in [2.24, 2.45) is 0 Å². The van der Waals surface area contributed by atoms with E-state index in [4.69, 9.17) is 0 Å². The van der Waals surface area contributed by atoms with Crippen LogP contribution in [0, 0.1) is 13.8 Å². The lowest BCUT2D eigenvalue weighted by Gasteiger charge is -2.20. The lowest BCUT2D eigenvalue weighted by Crippen LogP contribution is -2.37. The second-order valence-electron chi connectivity index (χ2n) is 7.48. The zero-order valence-corrected chi connectivity index (χ0v) is 17.1. The van der Waals surface area contributed by atoms with Crippen LogP contribution in [0.25, 0.3) is 5.95 Å². The summed E-state index contributed by atoms with van der Waals surface area (Å²) in [6.07, 6.45) is 2.42. The van der Waals surface area contributed by atoms with Crippen LogP contribution in [0.2, 0.25) is 0 Å². The molecule has 0 spiro atoms. The first-order valence-corrected chi connectivity index (χ1v) is 10.0. The van der Waals surface area contributed by atoms with Gasteiger partial charge in [0.05, 0.1) is 5.69 Å². The SMILES string of the molecule is CCCc1cc(=O)n(CC(=O)N2CCc3ccccc32)c(-n2nc(C)cc2C)n1. The Morgan fingerprint density at radius 3 is 2.69 bits per heavy atom. The number of nitrogens with zero attached hydrogens (tertiary/aromatic N) is 5. The summed E-state index contributed by atoms with van der Waals surface area (Å²) in [5, 5.41) is 4.49. The number of carbonyl (C=O) groups is 1. The van der Waals surface area contributed by atoms with Crippen LogP contribution in [-0.4, -0.2) is 31.8 Å². The Hall–Kier alpha value is -3.22. The molecule has 0 saturated heterocycles. The quantitative estimate of drug-likeness (QED) is 0.670. The van der Waals surface area contributed by atoms with Crippen molar-refractivity contribution in [3.05, 3.63) is 69.4 Å². The van der Waals surface area contributed by atoms with Crippen LogP contribution < -0.4 is 10.5 Å². The van der Waals surface area contributed by atoms with Crippen LogP contribution in [0.5, 0.6) is 0 Å². The molecule has 4 rings (SSSR count). The average molecular weight is 391 g/mol. The fraction of sp³-hybridized carbons (Fsp3) is 0.364. The number of hydrogen-bond acceptors (Lipinski definition) is 4. The second kappa shape index (κ2) is 7.66. The van der Waals surface area contributed by atoms with Gasteiger partial charge in [0.25, 0.3) is 5.56 Å². The molecular formula is C22H25N5O2. The van der Waals surface area contributed by atoms with E-state index in [0.717, 1.165) is 41.2 Å². The number of rotatable bonds is 5. The summed E-state index contributed by atoms with van der Waals surface area (Å²) in [6.45, 7) is 6.42. The summed E-state index contributed by atoms with van der Waals surface area (Å²) in [4.78, 5) is 32.5. The summed E-state index contributed by atoms with van der Waals surface area (Å²) in [5.41, 5.74) is 4.28. The minimum absolute atomic E-state index is 0.0692. The van der Waals surface area contributed by atoms with Gasteiger partial charge in [0.15, 0.2) is 0 Å². The Morgan fingerprint density at radius 2 is 1.97 bits per heavy atom. The van der Waals surface area contributed by atoms with Gasteiger partial charge in [0.2, 0.25) is 11.9 Å². The molecule has 7 nitrogen and oxygen atoms in total. The third-order valence-electron chi connectivity index (χ3n) is 5.23. The highest BCUT2D eigenvalue weighted by Gasteiger charge is 2.26. The number of aromatic nitrogens is 4. The first-order chi connectivity index (χ1) is 14.0.